The van der Waals surface area contributed by atoms with Gasteiger partial charge in [0.05, 0.1) is 22.4 Å². The van der Waals surface area contributed by atoms with Crippen molar-refractivity contribution >= 4 is 49.6 Å². The highest BCUT2D eigenvalue weighted by molar-refractivity contribution is 6.10. The monoisotopic (exact) mass is 764 g/mol. The lowest BCUT2D eigenvalue weighted by molar-refractivity contribution is 1.18. The van der Waals surface area contributed by atoms with E-state index in [1.807, 2.05) is 0 Å². The van der Waals surface area contributed by atoms with Gasteiger partial charge in [-0.05, 0) is 98.8 Å². The van der Waals surface area contributed by atoms with Gasteiger partial charge in [0.25, 0.3) is 0 Å². The van der Waals surface area contributed by atoms with E-state index in [1.165, 1.54) is 60.4 Å². The van der Waals surface area contributed by atoms with E-state index in [-0.39, 0.29) is 0 Å². The quantitative estimate of drug-likeness (QED) is 0.150. The van der Waals surface area contributed by atoms with Gasteiger partial charge in [-0.1, -0.05) is 188 Å². The van der Waals surface area contributed by atoms with Gasteiger partial charge in [0, 0.05) is 33.3 Å². The van der Waals surface area contributed by atoms with Crippen LogP contribution in [0.2, 0.25) is 0 Å². The Balaban J connectivity index is 1.14. The summed E-state index contributed by atoms with van der Waals surface area (Å²) in [5.41, 5.74) is 16.2. The highest BCUT2D eigenvalue weighted by Gasteiger charge is 2.21. The normalized spacial score (nSPS) is 11.3. The number of para-hydroxylation sites is 3. The van der Waals surface area contributed by atoms with Crippen LogP contribution in [0.1, 0.15) is 0 Å². The van der Waals surface area contributed by atoms with E-state index in [4.69, 9.17) is 0 Å². The maximum atomic E-state index is 2.44. The number of rotatable bonds is 8. The average Bonchev–Trinajstić information content (AvgIpc) is 3.66. The SMILES string of the molecule is c1ccc(-c2cccc(N(c3cccc(-c4cccc5ccccc45)c3)c3ccc(-c4ccccc4-n4c5ccccc5c5ccccc54)cc3-c3ccccc3)c2)cc1. The smallest absolute Gasteiger partial charge is 0.0541 e. The summed E-state index contributed by atoms with van der Waals surface area (Å²) >= 11 is 0. The highest BCUT2D eigenvalue weighted by Crippen LogP contribution is 2.46. The van der Waals surface area contributed by atoms with E-state index in [9.17, 15) is 0 Å². The Hall–Kier alpha value is -7.94. The van der Waals surface area contributed by atoms with Crippen LogP contribution in [0, 0.1) is 0 Å². The molecule has 60 heavy (non-hydrogen) atoms. The third-order valence-corrected chi connectivity index (χ3v) is 11.8. The largest absolute Gasteiger partial charge is 0.310 e. The Kier molecular flexibility index (Phi) is 8.87. The maximum Gasteiger partial charge on any atom is 0.0541 e. The summed E-state index contributed by atoms with van der Waals surface area (Å²) in [5.74, 6) is 0. The summed E-state index contributed by atoms with van der Waals surface area (Å²) in [6, 6.07) is 88.0. The minimum atomic E-state index is 1.08. The lowest BCUT2D eigenvalue weighted by Crippen LogP contribution is -2.12. The van der Waals surface area contributed by atoms with Gasteiger partial charge in [0.15, 0.2) is 0 Å². The zero-order valence-corrected chi connectivity index (χ0v) is 33.0. The third kappa shape index (κ3) is 6.23. The van der Waals surface area contributed by atoms with Crippen molar-refractivity contribution in [2.45, 2.75) is 0 Å². The van der Waals surface area contributed by atoms with E-state index >= 15 is 0 Å². The van der Waals surface area contributed by atoms with E-state index in [0.717, 1.165) is 39.4 Å². The Morgan fingerprint density at radius 3 is 1.52 bits per heavy atom. The first-order chi connectivity index (χ1) is 29.8. The molecule has 0 aliphatic heterocycles. The molecule has 1 heterocycles. The molecule has 11 rings (SSSR count). The molecular formula is C58H40N2. The number of aromatic nitrogens is 1. The summed E-state index contributed by atoms with van der Waals surface area (Å²) < 4.78 is 2.43. The first-order valence-electron chi connectivity index (χ1n) is 20.6. The molecule has 0 bridgehead atoms. The van der Waals surface area contributed by atoms with Crippen LogP contribution >= 0.6 is 0 Å². The summed E-state index contributed by atoms with van der Waals surface area (Å²) in [6.45, 7) is 0. The van der Waals surface area contributed by atoms with Crippen LogP contribution in [0.15, 0.2) is 243 Å². The number of benzene rings is 10. The second kappa shape index (κ2) is 15.1. The fraction of sp³-hybridized carbons (Fsp3) is 0. The lowest BCUT2D eigenvalue weighted by Gasteiger charge is -2.29. The molecule has 0 fully saturated rings. The van der Waals surface area contributed by atoms with Crippen LogP contribution in [0.5, 0.6) is 0 Å². The zero-order chi connectivity index (χ0) is 39.8. The number of anilines is 3. The van der Waals surface area contributed by atoms with Gasteiger partial charge in [-0.3, -0.25) is 0 Å². The van der Waals surface area contributed by atoms with Crippen LogP contribution in [-0.2, 0) is 0 Å². The third-order valence-electron chi connectivity index (χ3n) is 11.8. The van der Waals surface area contributed by atoms with Crippen molar-refractivity contribution in [3.63, 3.8) is 0 Å². The number of fused-ring (bicyclic) bond motifs is 4. The minimum Gasteiger partial charge on any atom is -0.310 e. The van der Waals surface area contributed by atoms with Crippen molar-refractivity contribution in [1.82, 2.24) is 4.57 Å². The predicted molar refractivity (Wildman–Crippen MR) is 255 cm³/mol. The van der Waals surface area contributed by atoms with Crippen molar-refractivity contribution < 1.29 is 0 Å². The molecule has 0 atom stereocenters. The van der Waals surface area contributed by atoms with Gasteiger partial charge in [-0.2, -0.15) is 0 Å². The summed E-state index contributed by atoms with van der Waals surface area (Å²) in [4.78, 5) is 2.44. The molecule has 0 amide bonds. The van der Waals surface area contributed by atoms with E-state index in [2.05, 4.69) is 252 Å². The molecule has 10 aromatic carbocycles. The predicted octanol–water partition coefficient (Wildman–Crippen LogP) is 16.1. The Morgan fingerprint density at radius 1 is 0.283 bits per heavy atom. The molecule has 0 aliphatic rings. The van der Waals surface area contributed by atoms with Crippen LogP contribution < -0.4 is 4.90 Å². The van der Waals surface area contributed by atoms with Gasteiger partial charge < -0.3 is 9.47 Å². The van der Waals surface area contributed by atoms with Gasteiger partial charge in [0.1, 0.15) is 0 Å². The first-order valence-corrected chi connectivity index (χ1v) is 20.6. The van der Waals surface area contributed by atoms with E-state index < -0.39 is 0 Å². The number of nitrogens with zero attached hydrogens (tertiary/aromatic N) is 2. The van der Waals surface area contributed by atoms with E-state index in [0.29, 0.717) is 0 Å². The average molecular weight is 765 g/mol. The number of hydrogen-bond donors (Lipinski definition) is 0. The van der Waals surface area contributed by atoms with Crippen molar-refractivity contribution in [2.24, 2.45) is 0 Å². The number of hydrogen-bond acceptors (Lipinski definition) is 1. The second-order valence-electron chi connectivity index (χ2n) is 15.3. The molecule has 2 heteroatoms. The van der Waals surface area contributed by atoms with Crippen molar-refractivity contribution in [1.29, 1.82) is 0 Å². The van der Waals surface area contributed by atoms with Crippen LogP contribution in [0.3, 0.4) is 0 Å². The van der Waals surface area contributed by atoms with Crippen LogP contribution in [-0.4, -0.2) is 4.57 Å². The molecule has 0 N–H and O–H groups in total. The lowest BCUT2D eigenvalue weighted by atomic mass is 9.94. The molecule has 0 spiro atoms. The minimum absolute atomic E-state index is 1.08. The molecule has 0 aliphatic carbocycles. The molecule has 282 valence electrons. The Labute approximate surface area is 350 Å². The molecular weight excluding hydrogens is 725 g/mol. The topological polar surface area (TPSA) is 8.17 Å². The standard InChI is InChI=1S/C58H40N2/c1-3-18-41(19-4-1)44-24-15-26-47(38-44)59(48-27-16-25-45(39-48)50-32-17-23-42-22-7-8-28-49(42)50)58-37-36-46(40-54(58)43-20-5-2-6-21-43)51-29-9-12-33-55(51)60-56-34-13-10-30-52(56)53-31-11-14-35-57(53)60/h1-40H. The Morgan fingerprint density at radius 2 is 0.783 bits per heavy atom. The fourth-order valence-electron chi connectivity index (χ4n) is 9.01. The molecule has 2 nitrogen and oxygen atoms in total. The zero-order valence-electron chi connectivity index (χ0n) is 33.0. The van der Waals surface area contributed by atoms with Crippen molar-refractivity contribution in [2.75, 3.05) is 4.90 Å². The first kappa shape index (κ1) is 35.2. The summed E-state index contributed by atoms with van der Waals surface area (Å²) in [5, 5.41) is 4.98. The van der Waals surface area contributed by atoms with Crippen LogP contribution in [0.25, 0.3) is 82.8 Å². The van der Waals surface area contributed by atoms with Crippen molar-refractivity contribution in [3.05, 3.63) is 243 Å². The summed E-state index contributed by atoms with van der Waals surface area (Å²) in [6.07, 6.45) is 0. The van der Waals surface area contributed by atoms with Gasteiger partial charge >= 0.3 is 0 Å². The second-order valence-corrected chi connectivity index (χ2v) is 15.3. The summed E-state index contributed by atoms with van der Waals surface area (Å²) in [7, 11) is 0. The van der Waals surface area contributed by atoms with Crippen molar-refractivity contribution in [3.8, 4) is 50.2 Å². The van der Waals surface area contributed by atoms with Gasteiger partial charge in [-0.15, -0.1) is 0 Å². The highest BCUT2D eigenvalue weighted by atomic mass is 15.1. The fourth-order valence-corrected chi connectivity index (χ4v) is 9.01. The molecule has 0 saturated carbocycles. The van der Waals surface area contributed by atoms with Gasteiger partial charge in [-0.25, -0.2) is 0 Å². The van der Waals surface area contributed by atoms with Crippen LogP contribution in [0.4, 0.5) is 17.1 Å². The molecule has 0 radical (unpaired) electrons. The Bertz CT molecular complexity index is 3270. The molecule has 0 unspecified atom stereocenters. The maximum absolute atomic E-state index is 2.44. The van der Waals surface area contributed by atoms with Gasteiger partial charge in [0.2, 0.25) is 0 Å². The molecule has 11 aromatic rings. The van der Waals surface area contributed by atoms with E-state index in [1.54, 1.807) is 0 Å². The molecule has 0 saturated heterocycles. The molecule has 1 aromatic heterocycles.